The summed E-state index contributed by atoms with van der Waals surface area (Å²) in [6.07, 6.45) is 3.26. The summed E-state index contributed by atoms with van der Waals surface area (Å²) in [7, 11) is 3.32. The summed E-state index contributed by atoms with van der Waals surface area (Å²) in [6, 6.07) is 3.71. The second kappa shape index (κ2) is 19.5. The SMILES string of the molecule is CCCCNC(=O)[C@@H](C[C@H](O)[C@@H](N)C[C@H](CN(C)C(=O)c1ccc(C(=O)O)cc1OCCCCOC)C(C)C)C(C)C. The second-order valence-electron chi connectivity index (χ2n) is 12.0. The van der Waals surface area contributed by atoms with Crippen molar-refractivity contribution in [2.24, 2.45) is 29.4 Å². The van der Waals surface area contributed by atoms with Crippen molar-refractivity contribution in [1.29, 1.82) is 0 Å². The fourth-order valence-corrected chi connectivity index (χ4v) is 4.82. The Morgan fingerprint density at radius 3 is 2.26 bits per heavy atom. The van der Waals surface area contributed by atoms with Gasteiger partial charge in [0.15, 0.2) is 0 Å². The quantitative estimate of drug-likeness (QED) is 0.155. The molecule has 2 amide bonds. The Kier molecular flexibility index (Phi) is 17.3. The molecule has 0 fully saturated rings. The van der Waals surface area contributed by atoms with Gasteiger partial charge in [0.2, 0.25) is 5.91 Å². The van der Waals surface area contributed by atoms with E-state index in [1.807, 2.05) is 13.8 Å². The van der Waals surface area contributed by atoms with Crippen LogP contribution in [0.5, 0.6) is 5.75 Å². The van der Waals surface area contributed by atoms with Gasteiger partial charge in [0.25, 0.3) is 5.91 Å². The van der Waals surface area contributed by atoms with Crippen molar-refractivity contribution in [3.8, 4) is 5.75 Å². The van der Waals surface area contributed by atoms with Crippen molar-refractivity contribution in [3.63, 3.8) is 0 Å². The summed E-state index contributed by atoms with van der Waals surface area (Å²) in [6.45, 7) is 12.0. The Balaban J connectivity index is 2.95. The molecule has 0 saturated heterocycles. The predicted octanol–water partition coefficient (Wildman–Crippen LogP) is 4.19. The third-order valence-electron chi connectivity index (χ3n) is 7.79. The number of carbonyl (C=O) groups excluding carboxylic acids is 2. The predicted molar refractivity (Wildman–Crippen MR) is 165 cm³/mol. The molecule has 0 heterocycles. The molecule has 10 nitrogen and oxygen atoms in total. The summed E-state index contributed by atoms with van der Waals surface area (Å²) < 4.78 is 10.9. The van der Waals surface area contributed by atoms with Crippen LogP contribution in [0.2, 0.25) is 0 Å². The molecule has 1 rings (SSSR count). The van der Waals surface area contributed by atoms with Gasteiger partial charge in [0, 0.05) is 45.8 Å². The van der Waals surface area contributed by atoms with E-state index >= 15 is 0 Å². The molecular weight excluding hydrogens is 538 g/mol. The molecule has 4 atom stereocenters. The third kappa shape index (κ3) is 12.7. The highest BCUT2D eigenvalue weighted by molar-refractivity contribution is 5.98. The van der Waals surface area contributed by atoms with Crippen molar-refractivity contribution in [2.45, 2.75) is 85.3 Å². The molecule has 5 N–H and O–H groups in total. The zero-order chi connectivity index (χ0) is 31.8. The smallest absolute Gasteiger partial charge is 0.335 e. The topological polar surface area (TPSA) is 151 Å². The van der Waals surface area contributed by atoms with Gasteiger partial charge in [-0.1, -0.05) is 41.0 Å². The number of amides is 2. The number of rotatable bonds is 21. The van der Waals surface area contributed by atoms with E-state index in [1.54, 1.807) is 19.1 Å². The second-order valence-corrected chi connectivity index (χ2v) is 12.0. The van der Waals surface area contributed by atoms with E-state index in [0.717, 1.165) is 19.3 Å². The molecule has 0 saturated carbocycles. The maximum Gasteiger partial charge on any atom is 0.335 e. The van der Waals surface area contributed by atoms with Gasteiger partial charge < -0.3 is 35.6 Å². The highest BCUT2D eigenvalue weighted by Gasteiger charge is 2.30. The number of carboxylic acid groups (broad SMARTS) is 1. The number of carbonyl (C=O) groups is 3. The first-order valence-corrected chi connectivity index (χ1v) is 15.3. The number of aliphatic hydroxyl groups excluding tert-OH is 1. The number of aromatic carboxylic acids is 1. The number of aliphatic hydroxyl groups is 1. The number of methoxy groups -OCH3 is 1. The van der Waals surface area contributed by atoms with Crippen LogP contribution in [0.3, 0.4) is 0 Å². The number of hydrogen-bond acceptors (Lipinski definition) is 7. The van der Waals surface area contributed by atoms with Crippen LogP contribution in [0.25, 0.3) is 0 Å². The minimum Gasteiger partial charge on any atom is -0.493 e. The lowest BCUT2D eigenvalue weighted by atomic mass is 9.83. The van der Waals surface area contributed by atoms with Crippen LogP contribution in [-0.2, 0) is 9.53 Å². The van der Waals surface area contributed by atoms with E-state index in [4.69, 9.17) is 15.2 Å². The van der Waals surface area contributed by atoms with Crippen LogP contribution in [0.4, 0.5) is 0 Å². The van der Waals surface area contributed by atoms with Gasteiger partial charge in [0.05, 0.1) is 23.8 Å². The van der Waals surface area contributed by atoms with E-state index in [2.05, 4.69) is 26.1 Å². The summed E-state index contributed by atoms with van der Waals surface area (Å²) >= 11 is 0. The van der Waals surface area contributed by atoms with Gasteiger partial charge in [-0.25, -0.2) is 4.79 Å². The number of carboxylic acids is 1. The Bertz CT molecular complexity index is 969. The van der Waals surface area contributed by atoms with Gasteiger partial charge in [-0.3, -0.25) is 9.59 Å². The zero-order valence-corrected chi connectivity index (χ0v) is 26.7. The average Bonchev–Trinajstić information content (AvgIpc) is 2.94. The minimum absolute atomic E-state index is 0.0174. The van der Waals surface area contributed by atoms with Gasteiger partial charge in [-0.15, -0.1) is 0 Å². The lowest BCUT2D eigenvalue weighted by Crippen LogP contribution is -2.44. The van der Waals surface area contributed by atoms with Gasteiger partial charge in [-0.05, 0) is 68.1 Å². The Morgan fingerprint density at radius 1 is 1.02 bits per heavy atom. The first-order chi connectivity index (χ1) is 19.8. The van der Waals surface area contributed by atoms with Crippen molar-refractivity contribution < 1.29 is 34.1 Å². The molecule has 0 bridgehead atoms. The van der Waals surface area contributed by atoms with Gasteiger partial charge >= 0.3 is 5.97 Å². The minimum atomic E-state index is -1.10. The van der Waals surface area contributed by atoms with Crippen LogP contribution in [0, 0.1) is 23.7 Å². The van der Waals surface area contributed by atoms with Crippen LogP contribution in [-0.4, -0.2) is 85.5 Å². The zero-order valence-electron chi connectivity index (χ0n) is 26.7. The maximum absolute atomic E-state index is 13.5. The maximum atomic E-state index is 13.5. The molecule has 10 heteroatoms. The highest BCUT2D eigenvalue weighted by atomic mass is 16.5. The highest BCUT2D eigenvalue weighted by Crippen LogP contribution is 2.26. The van der Waals surface area contributed by atoms with Crippen molar-refractivity contribution in [3.05, 3.63) is 29.3 Å². The molecule has 0 aliphatic rings. The van der Waals surface area contributed by atoms with Crippen molar-refractivity contribution >= 4 is 17.8 Å². The molecule has 0 aromatic heterocycles. The van der Waals surface area contributed by atoms with Crippen molar-refractivity contribution in [2.75, 3.05) is 40.5 Å². The first kappa shape index (κ1) is 37.3. The van der Waals surface area contributed by atoms with Crippen LogP contribution in [0.15, 0.2) is 18.2 Å². The summed E-state index contributed by atoms with van der Waals surface area (Å²) in [4.78, 5) is 39.4. The number of nitrogens with zero attached hydrogens (tertiary/aromatic N) is 1. The van der Waals surface area contributed by atoms with Gasteiger partial charge in [-0.2, -0.15) is 0 Å². The summed E-state index contributed by atoms with van der Waals surface area (Å²) in [5, 5.41) is 23.4. The molecule has 42 heavy (non-hydrogen) atoms. The molecule has 0 aliphatic carbocycles. The van der Waals surface area contributed by atoms with E-state index in [9.17, 15) is 24.6 Å². The lowest BCUT2D eigenvalue weighted by molar-refractivity contribution is -0.127. The van der Waals surface area contributed by atoms with E-state index in [-0.39, 0.29) is 58.8 Å². The normalized spacial score (nSPS) is 14.4. The molecule has 0 unspecified atom stereocenters. The number of benzene rings is 1. The van der Waals surface area contributed by atoms with Crippen molar-refractivity contribution in [1.82, 2.24) is 10.2 Å². The number of ether oxygens (including phenoxy) is 2. The summed E-state index contributed by atoms with van der Waals surface area (Å²) in [5.41, 5.74) is 6.81. The molecule has 240 valence electrons. The average molecular weight is 594 g/mol. The first-order valence-electron chi connectivity index (χ1n) is 15.3. The number of nitrogens with one attached hydrogen (secondary N) is 1. The van der Waals surface area contributed by atoms with E-state index < -0.39 is 18.1 Å². The molecular formula is C32H55N3O7. The van der Waals surface area contributed by atoms with E-state index in [0.29, 0.717) is 39.1 Å². The van der Waals surface area contributed by atoms with Crippen LogP contribution >= 0.6 is 0 Å². The van der Waals surface area contributed by atoms with Gasteiger partial charge in [0.1, 0.15) is 5.75 Å². The Morgan fingerprint density at radius 2 is 1.69 bits per heavy atom. The number of nitrogens with two attached hydrogens (primary N) is 1. The fraction of sp³-hybridized carbons (Fsp3) is 0.719. The van der Waals surface area contributed by atoms with Crippen LogP contribution < -0.4 is 15.8 Å². The largest absolute Gasteiger partial charge is 0.493 e. The number of unbranched alkanes of at least 4 members (excludes halogenated alkanes) is 2. The molecule has 0 spiro atoms. The summed E-state index contributed by atoms with van der Waals surface area (Å²) in [5.74, 6) is -1.35. The molecule has 0 aliphatic heterocycles. The van der Waals surface area contributed by atoms with Crippen LogP contribution in [0.1, 0.15) is 93.9 Å². The lowest BCUT2D eigenvalue weighted by Gasteiger charge is -2.32. The molecule has 1 aromatic rings. The van der Waals surface area contributed by atoms with E-state index in [1.165, 1.54) is 18.2 Å². The monoisotopic (exact) mass is 593 g/mol. The third-order valence-corrected chi connectivity index (χ3v) is 7.79. The Labute approximate surface area is 252 Å². The molecule has 0 radical (unpaired) electrons. The standard InChI is InChI=1S/C32H55N3O7/c1-8-9-14-34-30(37)26(22(4)5)19-28(36)27(33)17-24(21(2)3)20-35(6)31(38)25-13-12-23(32(39)40)18-29(25)42-16-11-10-15-41-7/h12-13,18,21-22,24,26-28,36H,8-11,14-17,19-20,33H2,1-7H3,(H,34,37)(H,39,40)/t24-,26+,27+,28+/m1/s1. The molecule has 1 aromatic carbocycles. The fourth-order valence-electron chi connectivity index (χ4n) is 4.82. The Hall–Kier alpha value is -2.69. The number of hydrogen-bond donors (Lipinski definition) is 4.